The normalized spacial score (nSPS) is 10.7. The average molecular weight is 367 g/mol. The molecular formula is C18H17N5O4. The molecule has 138 valence electrons. The minimum absolute atomic E-state index is 0.0984. The molecule has 2 aromatic heterocycles. The zero-order valence-corrected chi connectivity index (χ0v) is 14.4. The fraction of sp³-hybridized carbons (Fsp3) is 0.111. The van der Waals surface area contributed by atoms with E-state index in [-0.39, 0.29) is 12.5 Å². The number of para-hydroxylation sites is 1. The lowest BCUT2D eigenvalue weighted by Crippen LogP contribution is -2.32. The van der Waals surface area contributed by atoms with Crippen molar-refractivity contribution in [1.29, 1.82) is 0 Å². The highest BCUT2D eigenvalue weighted by Crippen LogP contribution is 2.26. The van der Waals surface area contributed by atoms with Crippen LogP contribution in [0.4, 0.5) is 5.95 Å². The molecule has 1 aromatic carbocycles. The average Bonchev–Trinajstić information content (AvgIpc) is 3.36. The molecule has 0 spiro atoms. The van der Waals surface area contributed by atoms with Crippen LogP contribution in [-0.2, 0) is 9.59 Å². The lowest BCUT2D eigenvalue weighted by atomic mass is 10.2. The number of carbonyl (C=O) groups is 2. The second-order valence-corrected chi connectivity index (χ2v) is 5.32. The molecule has 2 heterocycles. The molecule has 0 saturated heterocycles. The van der Waals surface area contributed by atoms with Crippen molar-refractivity contribution in [2.75, 3.05) is 19.0 Å². The van der Waals surface area contributed by atoms with E-state index >= 15 is 0 Å². The van der Waals surface area contributed by atoms with Gasteiger partial charge in [0.05, 0.1) is 25.5 Å². The van der Waals surface area contributed by atoms with Gasteiger partial charge in [0.15, 0.2) is 5.82 Å². The molecule has 9 nitrogen and oxygen atoms in total. The largest absolute Gasteiger partial charge is 0.496 e. The summed E-state index contributed by atoms with van der Waals surface area (Å²) in [5.41, 5.74) is 0.712. The smallest absolute Gasteiger partial charge is 0.249 e. The number of aromatic amines is 1. The Bertz CT molecular complexity index is 946. The third-order valence-corrected chi connectivity index (χ3v) is 3.46. The molecule has 9 heteroatoms. The van der Waals surface area contributed by atoms with E-state index in [0.29, 0.717) is 22.9 Å². The number of H-pyrrole nitrogens is 1. The maximum absolute atomic E-state index is 11.9. The number of aromatic nitrogens is 3. The number of hydrogen-bond acceptors (Lipinski definition) is 6. The first kappa shape index (κ1) is 17.9. The number of nitrogens with one attached hydrogen (secondary N) is 3. The van der Waals surface area contributed by atoms with Crippen LogP contribution in [-0.4, -0.2) is 40.7 Å². The van der Waals surface area contributed by atoms with Crippen molar-refractivity contribution < 1.29 is 18.7 Å². The second-order valence-electron chi connectivity index (χ2n) is 5.32. The van der Waals surface area contributed by atoms with Crippen LogP contribution in [0.3, 0.4) is 0 Å². The van der Waals surface area contributed by atoms with Crippen molar-refractivity contribution >= 4 is 23.8 Å². The summed E-state index contributed by atoms with van der Waals surface area (Å²) >= 11 is 0. The Kier molecular flexibility index (Phi) is 5.63. The molecule has 0 fully saturated rings. The Hall–Kier alpha value is -3.88. The van der Waals surface area contributed by atoms with Gasteiger partial charge in [-0.2, -0.15) is 4.98 Å². The number of benzene rings is 1. The summed E-state index contributed by atoms with van der Waals surface area (Å²) in [4.78, 5) is 27.8. The highest BCUT2D eigenvalue weighted by atomic mass is 16.5. The maximum atomic E-state index is 11.9. The maximum Gasteiger partial charge on any atom is 0.249 e. The van der Waals surface area contributed by atoms with Gasteiger partial charge in [0.25, 0.3) is 0 Å². The minimum atomic E-state index is -0.458. The van der Waals surface area contributed by atoms with Crippen LogP contribution in [0.1, 0.15) is 5.76 Å². The molecule has 0 aliphatic carbocycles. The van der Waals surface area contributed by atoms with Gasteiger partial charge in [0.1, 0.15) is 11.5 Å². The number of rotatable bonds is 7. The Labute approximate surface area is 154 Å². The molecule has 0 atom stereocenters. The first-order valence-corrected chi connectivity index (χ1v) is 8.01. The van der Waals surface area contributed by atoms with Gasteiger partial charge in [-0.1, -0.05) is 12.1 Å². The molecule has 2 amide bonds. The third-order valence-electron chi connectivity index (χ3n) is 3.46. The van der Waals surface area contributed by atoms with Crippen molar-refractivity contribution in [3.05, 3.63) is 54.5 Å². The van der Waals surface area contributed by atoms with Crippen molar-refractivity contribution in [3.63, 3.8) is 0 Å². The van der Waals surface area contributed by atoms with E-state index in [0.717, 1.165) is 0 Å². The number of carbonyl (C=O) groups excluding carboxylic acids is 2. The number of hydrogen-bond donors (Lipinski definition) is 3. The van der Waals surface area contributed by atoms with Gasteiger partial charge in [-0.3, -0.25) is 20.0 Å². The van der Waals surface area contributed by atoms with Crippen LogP contribution in [0.15, 0.2) is 53.2 Å². The van der Waals surface area contributed by atoms with Gasteiger partial charge in [0, 0.05) is 6.08 Å². The summed E-state index contributed by atoms with van der Waals surface area (Å²) in [7, 11) is 1.56. The van der Waals surface area contributed by atoms with Gasteiger partial charge in [0.2, 0.25) is 17.8 Å². The first-order valence-electron chi connectivity index (χ1n) is 8.01. The topological polar surface area (TPSA) is 122 Å². The molecule has 0 aliphatic heterocycles. The van der Waals surface area contributed by atoms with Crippen LogP contribution in [0.25, 0.3) is 17.5 Å². The van der Waals surface area contributed by atoms with Gasteiger partial charge in [-0.05, 0) is 30.3 Å². The fourth-order valence-electron chi connectivity index (χ4n) is 2.22. The van der Waals surface area contributed by atoms with Gasteiger partial charge < -0.3 is 14.5 Å². The molecule has 0 radical (unpaired) electrons. The summed E-state index contributed by atoms with van der Waals surface area (Å²) < 4.78 is 10.3. The van der Waals surface area contributed by atoms with Gasteiger partial charge in [-0.25, -0.2) is 0 Å². The molecule has 0 unspecified atom stereocenters. The van der Waals surface area contributed by atoms with E-state index in [9.17, 15) is 9.59 Å². The Morgan fingerprint density at radius 2 is 2.11 bits per heavy atom. The second kappa shape index (κ2) is 8.48. The lowest BCUT2D eigenvalue weighted by Gasteiger charge is -2.04. The number of anilines is 1. The number of furan rings is 1. The Morgan fingerprint density at radius 3 is 2.89 bits per heavy atom. The summed E-state index contributed by atoms with van der Waals surface area (Å²) in [6, 6.07) is 10.7. The van der Waals surface area contributed by atoms with Crippen LogP contribution in [0.5, 0.6) is 5.75 Å². The van der Waals surface area contributed by atoms with E-state index < -0.39 is 11.8 Å². The van der Waals surface area contributed by atoms with Crippen LogP contribution in [0, 0.1) is 0 Å². The van der Waals surface area contributed by atoms with Crippen LogP contribution < -0.4 is 15.4 Å². The van der Waals surface area contributed by atoms with E-state index in [2.05, 4.69) is 25.8 Å². The molecule has 3 N–H and O–H groups in total. The number of ether oxygens (including phenoxy) is 1. The van der Waals surface area contributed by atoms with E-state index in [4.69, 9.17) is 9.15 Å². The Balaban J connectivity index is 1.53. The van der Waals surface area contributed by atoms with Gasteiger partial charge >= 0.3 is 0 Å². The third kappa shape index (κ3) is 4.82. The molecule has 3 rings (SSSR count). The molecule has 0 aliphatic rings. The van der Waals surface area contributed by atoms with Crippen molar-refractivity contribution in [3.8, 4) is 17.1 Å². The SMILES string of the molecule is COc1ccccc1-c1nc(NC(=O)CNC(=O)/C=C/c2ccco2)n[nH]1. The molecule has 27 heavy (non-hydrogen) atoms. The molecule has 0 saturated carbocycles. The predicted molar refractivity (Wildman–Crippen MR) is 97.8 cm³/mol. The molecule has 3 aromatic rings. The minimum Gasteiger partial charge on any atom is -0.496 e. The van der Waals surface area contributed by atoms with E-state index in [1.807, 2.05) is 18.2 Å². The highest BCUT2D eigenvalue weighted by Gasteiger charge is 2.12. The summed E-state index contributed by atoms with van der Waals surface area (Å²) in [5, 5.41) is 11.6. The highest BCUT2D eigenvalue weighted by molar-refractivity contribution is 5.97. The molecular weight excluding hydrogens is 350 g/mol. The summed E-state index contributed by atoms with van der Waals surface area (Å²) in [6.07, 6.45) is 4.28. The number of amides is 2. The summed E-state index contributed by atoms with van der Waals surface area (Å²) in [6.45, 7) is -0.222. The fourth-order valence-corrected chi connectivity index (χ4v) is 2.22. The quantitative estimate of drug-likeness (QED) is 0.548. The van der Waals surface area contributed by atoms with Crippen LogP contribution in [0.2, 0.25) is 0 Å². The standard InChI is InChI=1S/C18H17N5O4/c1-26-14-7-3-2-6-13(14)17-21-18(23-22-17)20-16(25)11-19-15(24)9-8-12-5-4-10-27-12/h2-10H,11H2,1H3,(H,19,24)(H2,20,21,22,23,25)/b9-8+. The number of methoxy groups -OCH3 is 1. The lowest BCUT2D eigenvalue weighted by molar-refractivity contribution is -0.121. The van der Waals surface area contributed by atoms with Crippen molar-refractivity contribution in [2.24, 2.45) is 0 Å². The van der Waals surface area contributed by atoms with Crippen LogP contribution >= 0.6 is 0 Å². The van der Waals surface area contributed by atoms with Crippen molar-refractivity contribution in [1.82, 2.24) is 20.5 Å². The Morgan fingerprint density at radius 1 is 1.26 bits per heavy atom. The first-order chi connectivity index (χ1) is 13.2. The van der Waals surface area contributed by atoms with Gasteiger partial charge in [-0.15, -0.1) is 5.10 Å². The number of nitrogens with zero attached hydrogens (tertiary/aromatic N) is 2. The summed E-state index contributed by atoms with van der Waals surface area (Å²) in [5.74, 6) is 0.836. The van der Waals surface area contributed by atoms with E-state index in [1.54, 1.807) is 25.3 Å². The van der Waals surface area contributed by atoms with Crippen molar-refractivity contribution in [2.45, 2.75) is 0 Å². The monoisotopic (exact) mass is 367 g/mol. The predicted octanol–water partition coefficient (Wildman–Crippen LogP) is 1.84. The zero-order valence-electron chi connectivity index (χ0n) is 14.4. The zero-order chi connectivity index (χ0) is 19.1. The van der Waals surface area contributed by atoms with E-state index in [1.165, 1.54) is 18.4 Å². The molecule has 0 bridgehead atoms.